The minimum atomic E-state index is -1.03. The van der Waals surface area contributed by atoms with Gasteiger partial charge in [0.2, 0.25) is 0 Å². The molecule has 0 radical (unpaired) electrons. The van der Waals surface area contributed by atoms with Gasteiger partial charge in [0.15, 0.2) is 0 Å². The molecule has 0 aliphatic carbocycles. The van der Waals surface area contributed by atoms with Crippen LogP contribution in [0.2, 0.25) is 5.02 Å². The lowest BCUT2D eigenvalue weighted by Gasteiger charge is -2.31. The number of likely N-dealkylation sites (N-methyl/N-ethyl adjacent to an activating group) is 1. The summed E-state index contributed by atoms with van der Waals surface area (Å²) >= 11 is 5.82. The van der Waals surface area contributed by atoms with Crippen molar-refractivity contribution in [3.05, 3.63) is 34.6 Å². The third kappa shape index (κ3) is 2.96. The molecule has 0 bridgehead atoms. The number of aliphatic carboxylic acids is 1. The van der Waals surface area contributed by atoms with Crippen LogP contribution in [-0.2, 0) is 11.3 Å². The number of hydrogen-bond acceptors (Lipinski definition) is 2. The second kappa shape index (κ2) is 5.02. The second-order valence-electron chi connectivity index (χ2n) is 4.43. The van der Waals surface area contributed by atoms with Crippen molar-refractivity contribution < 1.29 is 14.3 Å². The molecule has 0 aliphatic heterocycles. The van der Waals surface area contributed by atoms with Gasteiger partial charge in [-0.25, -0.2) is 4.39 Å². The van der Waals surface area contributed by atoms with E-state index in [9.17, 15) is 9.18 Å². The van der Waals surface area contributed by atoms with Gasteiger partial charge < -0.3 is 5.11 Å². The molecule has 0 atom stereocenters. The third-order valence-corrected chi connectivity index (χ3v) is 3.34. The maximum atomic E-state index is 13.2. The van der Waals surface area contributed by atoms with Gasteiger partial charge in [-0.1, -0.05) is 23.7 Å². The molecule has 0 aliphatic rings. The largest absolute Gasteiger partial charge is 0.480 e. The van der Waals surface area contributed by atoms with Crippen molar-refractivity contribution in [1.82, 2.24) is 4.90 Å². The molecule has 0 spiro atoms. The minimum Gasteiger partial charge on any atom is -0.480 e. The first-order chi connectivity index (χ1) is 7.76. The molecular formula is C12H15ClFNO2. The van der Waals surface area contributed by atoms with Gasteiger partial charge >= 0.3 is 5.97 Å². The molecule has 1 aromatic carbocycles. The first-order valence-corrected chi connectivity index (χ1v) is 5.52. The topological polar surface area (TPSA) is 40.5 Å². The molecule has 0 heterocycles. The molecule has 1 aromatic rings. The highest BCUT2D eigenvalue weighted by Gasteiger charge is 2.32. The molecule has 0 saturated heterocycles. The van der Waals surface area contributed by atoms with Gasteiger partial charge in [0.05, 0.1) is 5.02 Å². The van der Waals surface area contributed by atoms with Gasteiger partial charge in [0.25, 0.3) is 0 Å². The number of carboxylic acid groups (broad SMARTS) is 1. The predicted molar refractivity (Wildman–Crippen MR) is 64.6 cm³/mol. The molecule has 3 nitrogen and oxygen atoms in total. The second-order valence-corrected chi connectivity index (χ2v) is 4.81. The monoisotopic (exact) mass is 259 g/mol. The normalized spacial score (nSPS) is 11.9. The van der Waals surface area contributed by atoms with E-state index in [1.54, 1.807) is 37.9 Å². The molecule has 94 valence electrons. The van der Waals surface area contributed by atoms with E-state index in [4.69, 9.17) is 16.7 Å². The molecule has 0 fully saturated rings. The maximum absolute atomic E-state index is 13.2. The van der Waals surface area contributed by atoms with Crippen molar-refractivity contribution in [1.29, 1.82) is 0 Å². The van der Waals surface area contributed by atoms with Crippen molar-refractivity contribution in [2.75, 3.05) is 7.05 Å². The van der Waals surface area contributed by atoms with E-state index >= 15 is 0 Å². The Morgan fingerprint density at radius 3 is 2.65 bits per heavy atom. The summed E-state index contributed by atoms with van der Waals surface area (Å²) in [5.74, 6) is -1.43. The van der Waals surface area contributed by atoms with Crippen molar-refractivity contribution in [2.24, 2.45) is 0 Å². The fourth-order valence-electron chi connectivity index (χ4n) is 1.29. The van der Waals surface area contributed by atoms with Crippen LogP contribution in [0.15, 0.2) is 18.2 Å². The summed E-state index contributed by atoms with van der Waals surface area (Å²) in [6, 6.07) is 4.51. The highest BCUT2D eigenvalue weighted by Crippen LogP contribution is 2.23. The Hall–Kier alpha value is -1.13. The molecular weight excluding hydrogens is 245 g/mol. The van der Waals surface area contributed by atoms with E-state index in [0.717, 1.165) is 0 Å². The van der Waals surface area contributed by atoms with E-state index in [-0.39, 0.29) is 11.6 Å². The van der Waals surface area contributed by atoms with Crippen molar-refractivity contribution in [3.8, 4) is 0 Å². The summed E-state index contributed by atoms with van der Waals surface area (Å²) in [5.41, 5.74) is -0.459. The lowest BCUT2D eigenvalue weighted by Crippen LogP contribution is -2.47. The van der Waals surface area contributed by atoms with Gasteiger partial charge in [0, 0.05) is 6.54 Å². The van der Waals surface area contributed by atoms with E-state index < -0.39 is 17.3 Å². The minimum absolute atomic E-state index is 0.0422. The Kier molecular flexibility index (Phi) is 4.11. The summed E-state index contributed by atoms with van der Waals surface area (Å²) < 4.78 is 13.2. The molecule has 1 N–H and O–H groups in total. The van der Waals surface area contributed by atoms with E-state index in [0.29, 0.717) is 5.56 Å². The van der Waals surface area contributed by atoms with Crippen LogP contribution in [-0.4, -0.2) is 28.6 Å². The van der Waals surface area contributed by atoms with E-state index in [2.05, 4.69) is 0 Å². The number of hydrogen-bond donors (Lipinski definition) is 1. The highest BCUT2D eigenvalue weighted by atomic mass is 35.5. The van der Waals surface area contributed by atoms with Crippen LogP contribution in [0.4, 0.5) is 4.39 Å². The maximum Gasteiger partial charge on any atom is 0.323 e. The van der Waals surface area contributed by atoms with Gasteiger partial charge in [-0.15, -0.1) is 0 Å². The molecule has 0 amide bonds. The van der Waals surface area contributed by atoms with Crippen LogP contribution in [0.25, 0.3) is 0 Å². The Balaban J connectivity index is 2.92. The zero-order valence-electron chi connectivity index (χ0n) is 10.00. The first-order valence-electron chi connectivity index (χ1n) is 5.14. The molecule has 5 heteroatoms. The Labute approximate surface area is 105 Å². The zero-order chi connectivity index (χ0) is 13.2. The molecule has 1 rings (SSSR count). The van der Waals surface area contributed by atoms with Crippen molar-refractivity contribution in [2.45, 2.75) is 25.9 Å². The fraction of sp³-hybridized carbons (Fsp3) is 0.417. The zero-order valence-corrected chi connectivity index (χ0v) is 10.8. The Bertz CT molecular complexity index is 435. The number of benzene rings is 1. The van der Waals surface area contributed by atoms with E-state index in [1.165, 1.54) is 6.07 Å². The van der Waals surface area contributed by atoms with Crippen LogP contribution in [0.3, 0.4) is 0 Å². The van der Waals surface area contributed by atoms with Crippen LogP contribution >= 0.6 is 11.6 Å². The Morgan fingerprint density at radius 1 is 1.53 bits per heavy atom. The van der Waals surface area contributed by atoms with Gasteiger partial charge in [-0.05, 0) is 32.5 Å². The number of rotatable bonds is 4. The molecule has 0 saturated carbocycles. The Morgan fingerprint density at radius 2 is 2.12 bits per heavy atom. The molecule has 0 aromatic heterocycles. The number of carboxylic acids is 1. The van der Waals surface area contributed by atoms with Crippen LogP contribution in [0, 0.1) is 5.82 Å². The summed E-state index contributed by atoms with van der Waals surface area (Å²) in [6.07, 6.45) is 0. The summed E-state index contributed by atoms with van der Waals surface area (Å²) in [4.78, 5) is 12.7. The smallest absolute Gasteiger partial charge is 0.323 e. The lowest BCUT2D eigenvalue weighted by atomic mass is 10.0. The average Bonchev–Trinajstić information content (AvgIpc) is 2.24. The van der Waals surface area contributed by atoms with Gasteiger partial charge in [-0.3, -0.25) is 9.69 Å². The van der Waals surface area contributed by atoms with Gasteiger partial charge in [-0.2, -0.15) is 0 Å². The quantitative estimate of drug-likeness (QED) is 0.904. The van der Waals surface area contributed by atoms with Gasteiger partial charge in [0.1, 0.15) is 11.4 Å². The standard InChI is InChI=1S/C12H15ClFNO2/c1-12(2,11(16)17)15(3)7-8-5-4-6-9(14)10(8)13/h4-6H,7H2,1-3H3,(H,16,17). The summed E-state index contributed by atoms with van der Waals surface area (Å²) in [6.45, 7) is 3.45. The van der Waals surface area contributed by atoms with Crippen molar-refractivity contribution >= 4 is 17.6 Å². The first kappa shape index (κ1) is 13.9. The third-order valence-electron chi connectivity index (χ3n) is 2.92. The average molecular weight is 260 g/mol. The lowest BCUT2D eigenvalue weighted by molar-refractivity contribution is -0.148. The predicted octanol–water partition coefficient (Wildman–Crippen LogP) is 2.77. The number of halogens is 2. The van der Waals surface area contributed by atoms with E-state index in [1.807, 2.05) is 0 Å². The highest BCUT2D eigenvalue weighted by molar-refractivity contribution is 6.31. The SMILES string of the molecule is CN(Cc1cccc(F)c1Cl)C(C)(C)C(=O)O. The molecule has 17 heavy (non-hydrogen) atoms. The molecule has 0 unspecified atom stereocenters. The van der Waals surface area contributed by atoms with Crippen molar-refractivity contribution in [3.63, 3.8) is 0 Å². The van der Waals surface area contributed by atoms with Crippen LogP contribution < -0.4 is 0 Å². The summed E-state index contributed by atoms with van der Waals surface area (Å²) in [5, 5.41) is 9.11. The number of nitrogens with zero attached hydrogens (tertiary/aromatic N) is 1. The van der Waals surface area contributed by atoms with Crippen LogP contribution in [0.5, 0.6) is 0 Å². The number of carbonyl (C=O) groups is 1. The fourth-order valence-corrected chi connectivity index (χ4v) is 1.47. The summed E-state index contributed by atoms with van der Waals surface area (Å²) in [7, 11) is 1.66. The van der Waals surface area contributed by atoms with Crippen LogP contribution in [0.1, 0.15) is 19.4 Å².